The van der Waals surface area contributed by atoms with Crippen LogP contribution in [0.15, 0.2) is 28.7 Å². The van der Waals surface area contributed by atoms with Crippen molar-refractivity contribution in [3.8, 4) is 0 Å². The summed E-state index contributed by atoms with van der Waals surface area (Å²) in [4.78, 5) is 0. The van der Waals surface area contributed by atoms with Crippen molar-refractivity contribution in [1.82, 2.24) is 5.32 Å². The number of hydrogen-bond acceptors (Lipinski definition) is 1. The minimum absolute atomic E-state index is 0.560. The minimum Gasteiger partial charge on any atom is -0.314 e. The van der Waals surface area contributed by atoms with Crippen LogP contribution >= 0.6 is 15.9 Å². The molecule has 1 unspecified atom stereocenters. The average Bonchev–Trinajstić information content (AvgIpc) is 2.31. The number of hydrogen-bond donors (Lipinski definition) is 1. The predicted octanol–water partition coefficient (Wildman–Crippen LogP) is 4.80. The van der Waals surface area contributed by atoms with Gasteiger partial charge in [0.1, 0.15) is 0 Å². The first-order chi connectivity index (χ1) is 8.58. The second kappa shape index (κ2) is 8.71. The lowest BCUT2D eigenvalue weighted by molar-refractivity contribution is 0.489. The van der Waals surface area contributed by atoms with Gasteiger partial charge in [-0.1, -0.05) is 54.8 Å². The zero-order valence-corrected chi connectivity index (χ0v) is 13.5. The van der Waals surface area contributed by atoms with E-state index in [0.29, 0.717) is 6.04 Å². The lowest BCUT2D eigenvalue weighted by atomic mass is 10.1. The van der Waals surface area contributed by atoms with E-state index in [2.05, 4.69) is 66.3 Å². The summed E-state index contributed by atoms with van der Waals surface area (Å²) in [5, 5.41) is 3.61. The van der Waals surface area contributed by atoms with Gasteiger partial charge in [-0.05, 0) is 49.9 Å². The summed E-state index contributed by atoms with van der Waals surface area (Å²) < 4.78 is 1.15. The van der Waals surface area contributed by atoms with E-state index >= 15 is 0 Å². The van der Waals surface area contributed by atoms with Crippen molar-refractivity contribution >= 4 is 15.9 Å². The van der Waals surface area contributed by atoms with Gasteiger partial charge in [0.15, 0.2) is 0 Å². The number of nitrogens with one attached hydrogen (secondary N) is 1. The summed E-state index contributed by atoms with van der Waals surface area (Å²) in [5.41, 5.74) is 1.40. The second-order valence-corrected chi connectivity index (χ2v) is 6.49. The highest BCUT2D eigenvalue weighted by atomic mass is 79.9. The van der Waals surface area contributed by atoms with Crippen LogP contribution in [0, 0.1) is 5.92 Å². The van der Waals surface area contributed by atoms with Gasteiger partial charge in [-0.15, -0.1) is 0 Å². The van der Waals surface area contributed by atoms with Gasteiger partial charge in [0.05, 0.1) is 0 Å². The Balaban J connectivity index is 2.13. The summed E-state index contributed by atoms with van der Waals surface area (Å²) in [6, 6.07) is 9.18. The maximum absolute atomic E-state index is 3.61. The van der Waals surface area contributed by atoms with E-state index in [1.54, 1.807) is 0 Å². The third kappa shape index (κ3) is 7.17. The molecule has 1 aromatic carbocycles. The van der Waals surface area contributed by atoms with Crippen molar-refractivity contribution in [3.05, 3.63) is 34.3 Å². The van der Waals surface area contributed by atoms with Crippen molar-refractivity contribution in [1.29, 1.82) is 0 Å². The van der Waals surface area contributed by atoms with E-state index < -0.39 is 0 Å². The van der Waals surface area contributed by atoms with Crippen LogP contribution in [0.1, 0.15) is 45.6 Å². The molecule has 0 heterocycles. The minimum atomic E-state index is 0.560. The van der Waals surface area contributed by atoms with Crippen molar-refractivity contribution in [2.24, 2.45) is 5.92 Å². The van der Waals surface area contributed by atoms with Gasteiger partial charge in [-0.2, -0.15) is 0 Å². The molecule has 1 aromatic rings. The Kier molecular flexibility index (Phi) is 7.60. The molecular formula is C16H26BrN. The molecule has 2 heteroatoms. The lowest BCUT2D eigenvalue weighted by Crippen LogP contribution is -2.29. The van der Waals surface area contributed by atoms with Crippen molar-refractivity contribution in [2.45, 2.75) is 52.5 Å². The monoisotopic (exact) mass is 311 g/mol. The average molecular weight is 312 g/mol. The van der Waals surface area contributed by atoms with E-state index in [9.17, 15) is 0 Å². The van der Waals surface area contributed by atoms with Crippen LogP contribution in [0.5, 0.6) is 0 Å². The van der Waals surface area contributed by atoms with Crippen molar-refractivity contribution in [2.75, 3.05) is 6.54 Å². The van der Waals surface area contributed by atoms with E-state index in [1.165, 1.54) is 24.8 Å². The smallest absolute Gasteiger partial charge is 0.0175 e. The molecule has 0 aliphatic carbocycles. The van der Waals surface area contributed by atoms with E-state index in [4.69, 9.17) is 0 Å². The molecule has 1 N–H and O–H groups in total. The van der Waals surface area contributed by atoms with Crippen molar-refractivity contribution < 1.29 is 0 Å². The maximum atomic E-state index is 3.61. The van der Waals surface area contributed by atoms with E-state index in [-0.39, 0.29) is 0 Å². The van der Waals surface area contributed by atoms with Crippen LogP contribution < -0.4 is 5.32 Å². The molecule has 0 radical (unpaired) electrons. The summed E-state index contributed by atoms with van der Waals surface area (Å²) in [6.45, 7) is 8.00. The van der Waals surface area contributed by atoms with Crippen molar-refractivity contribution in [3.63, 3.8) is 0 Å². The largest absolute Gasteiger partial charge is 0.314 e. The summed E-state index contributed by atoms with van der Waals surface area (Å²) in [6.07, 6.45) is 5.10. The molecule has 0 fully saturated rings. The molecule has 18 heavy (non-hydrogen) atoms. The van der Waals surface area contributed by atoms with Gasteiger partial charge < -0.3 is 5.32 Å². The van der Waals surface area contributed by atoms with Crippen LogP contribution in [-0.4, -0.2) is 12.6 Å². The Morgan fingerprint density at radius 3 is 2.33 bits per heavy atom. The molecule has 102 valence electrons. The maximum Gasteiger partial charge on any atom is 0.0175 e. The van der Waals surface area contributed by atoms with Crippen LogP contribution in [0.3, 0.4) is 0 Å². The van der Waals surface area contributed by atoms with Gasteiger partial charge in [0.2, 0.25) is 0 Å². The molecule has 0 spiro atoms. The van der Waals surface area contributed by atoms with Crippen LogP contribution in [0.25, 0.3) is 0 Å². The third-order valence-corrected chi connectivity index (χ3v) is 3.68. The fourth-order valence-electron chi connectivity index (χ4n) is 2.07. The molecule has 1 rings (SSSR count). The standard InChI is InChI=1S/C16H26BrN/c1-13(2)6-4-5-11-18-14(3)12-15-7-9-16(17)10-8-15/h7-10,13-14,18H,4-6,11-12H2,1-3H3. The first kappa shape index (κ1) is 15.7. The fraction of sp³-hybridized carbons (Fsp3) is 0.625. The lowest BCUT2D eigenvalue weighted by Gasteiger charge is -2.14. The first-order valence-corrected chi connectivity index (χ1v) is 7.85. The molecule has 0 aromatic heterocycles. The Morgan fingerprint density at radius 1 is 1.06 bits per heavy atom. The zero-order valence-electron chi connectivity index (χ0n) is 11.9. The summed E-state index contributed by atoms with van der Waals surface area (Å²) in [5.74, 6) is 0.838. The number of benzene rings is 1. The Bertz CT molecular complexity index is 318. The van der Waals surface area contributed by atoms with Crippen LogP contribution in [-0.2, 0) is 6.42 Å². The summed E-state index contributed by atoms with van der Waals surface area (Å²) >= 11 is 3.47. The Morgan fingerprint density at radius 2 is 1.72 bits per heavy atom. The quantitative estimate of drug-likeness (QED) is 0.680. The molecule has 1 nitrogen and oxygen atoms in total. The number of rotatable bonds is 8. The second-order valence-electron chi connectivity index (χ2n) is 5.58. The predicted molar refractivity (Wildman–Crippen MR) is 84.0 cm³/mol. The highest BCUT2D eigenvalue weighted by molar-refractivity contribution is 9.10. The fourth-order valence-corrected chi connectivity index (χ4v) is 2.34. The summed E-state index contributed by atoms with van der Waals surface area (Å²) in [7, 11) is 0. The van der Waals surface area contributed by atoms with Crippen LogP contribution in [0.2, 0.25) is 0 Å². The SMILES string of the molecule is CC(C)CCCCNC(C)Cc1ccc(Br)cc1. The topological polar surface area (TPSA) is 12.0 Å². The number of unbranched alkanes of at least 4 members (excludes halogenated alkanes) is 1. The van der Waals surface area contributed by atoms with Gasteiger partial charge in [-0.3, -0.25) is 0 Å². The molecule has 1 atom stereocenters. The Hall–Kier alpha value is -0.340. The van der Waals surface area contributed by atoms with Crippen LogP contribution in [0.4, 0.5) is 0 Å². The molecule has 0 aliphatic heterocycles. The normalized spacial score (nSPS) is 12.9. The molecule has 0 saturated heterocycles. The molecule has 0 saturated carbocycles. The number of halogens is 1. The van der Waals surface area contributed by atoms with E-state index in [1.807, 2.05) is 0 Å². The van der Waals surface area contributed by atoms with E-state index in [0.717, 1.165) is 23.4 Å². The zero-order chi connectivity index (χ0) is 13.4. The highest BCUT2D eigenvalue weighted by Gasteiger charge is 2.02. The first-order valence-electron chi connectivity index (χ1n) is 7.05. The van der Waals surface area contributed by atoms with Gasteiger partial charge in [0.25, 0.3) is 0 Å². The van der Waals surface area contributed by atoms with Gasteiger partial charge in [0, 0.05) is 10.5 Å². The van der Waals surface area contributed by atoms with Gasteiger partial charge >= 0.3 is 0 Å². The molecule has 0 amide bonds. The third-order valence-electron chi connectivity index (χ3n) is 3.16. The molecular weight excluding hydrogens is 286 g/mol. The highest BCUT2D eigenvalue weighted by Crippen LogP contribution is 2.12. The Labute approximate surface area is 120 Å². The van der Waals surface area contributed by atoms with Gasteiger partial charge in [-0.25, -0.2) is 0 Å². The molecule has 0 aliphatic rings. The molecule has 0 bridgehead atoms.